The Labute approximate surface area is 122 Å². The molecular weight excluding hydrogens is 277 g/mol. The maximum absolute atomic E-state index is 13.3. The van der Waals surface area contributed by atoms with Crippen molar-refractivity contribution in [2.45, 2.75) is 44.9 Å². The van der Waals surface area contributed by atoms with E-state index in [4.69, 9.17) is 4.74 Å². The number of aliphatic hydroxyl groups excluding tert-OH is 2. The molecule has 0 heterocycles. The highest BCUT2D eigenvalue weighted by Crippen LogP contribution is 2.26. The van der Waals surface area contributed by atoms with Crippen LogP contribution in [0.1, 0.15) is 36.8 Å². The standard InChI is InChI=1S/C15H20FNO4/c16-12-5-10(7-18)15(11(6-12)8-19)21-9-14(20)17-13-3-1-2-4-13/h5-6,13,18-19H,1-4,7-9H2,(H,17,20). The van der Waals surface area contributed by atoms with Gasteiger partial charge in [0.05, 0.1) is 13.2 Å². The van der Waals surface area contributed by atoms with E-state index in [-0.39, 0.29) is 35.4 Å². The second-order valence-corrected chi connectivity index (χ2v) is 5.21. The number of nitrogens with one attached hydrogen (secondary N) is 1. The first-order valence-corrected chi connectivity index (χ1v) is 7.09. The van der Waals surface area contributed by atoms with Gasteiger partial charge < -0.3 is 20.3 Å². The van der Waals surface area contributed by atoms with E-state index in [1.54, 1.807) is 0 Å². The highest BCUT2D eigenvalue weighted by molar-refractivity contribution is 5.78. The first-order chi connectivity index (χ1) is 10.1. The lowest BCUT2D eigenvalue weighted by Gasteiger charge is -2.16. The summed E-state index contributed by atoms with van der Waals surface area (Å²) in [5.41, 5.74) is 0.431. The molecule has 2 rings (SSSR count). The molecule has 1 fully saturated rings. The van der Waals surface area contributed by atoms with E-state index in [2.05, 4.69) is 5.32 Å². The molecule has 0 bridgehead atoms. The Morgan fingerprint density at radius 2 is 1.81 bits per heavy atom. The zero-order valence-electron chi connectivity index (χ0n) is 11.8. The van der Waals surface area contributed by atoms with Gasteiger partial charge in [0.1, 0.15) is 11.6 Å². The van der Waals surface area contributed by atoms with Crippen LogP contribution in [-0.2, 0) is 18.0 Å². The van der Waals surface area contributed by atoms with Crippen molar-refractivity contribution in [3.63, 3.8) is 0 Å². The van der Waals surface area contributed by atoms with Crippen LogP contribution in [0.3, 0.4) is 0 Å². The maximum atomic E-state index is 13.3. The van der Waals surface area contributed by atoms with Gasteiger partial charge >= 0.3 is 0 Å². The number of hydrogen-bond donors (Lipinski definition) is 3. The molecule has 0 aliphatic heterocycles. The van der Waals surface area contributed by atoms with Gasteiger partial charge in [-0.05, 0) is 25.0 Å². The van der Waals surface area contributed by atoms with Crippen molar-refractivity contribution in [3.05, 3.63) is 29.1 Å². The minimum Gasteiger partial charge on any atom is -0.483 e. The number of carbonyl (C=O) groups excluding carboxylic acids is 1. The van der Waals surface area contributed by atoms with E-state index < -0.39 is 19.0 Å². The Kier molecular flexibility index (Phi) is 5.52. The van der Waals surface area contributed by atoms with Crippen molar-refractivity contribution in [2.75, 3.05) is 6.61 Å². The molecule has 1 aromatic rings. The van der Waals surface area contributed by atoms with Crippen LogP contribution in [0.4, 0.5) is 4.39 Å². The Morgan fingerprint density at radius 3 is 2.33 bits per heavy atom. The predicted octanol–water partition coefficient (Wildman–Crippen LogP) is 1.25. The minimum absolute atomic E-state index is 0.169. The van der Waals surface area contributed by atoms with E-state index in [1.807, 2.05) is 0 Å². The summed E-state index contributed by atoms with van der Waals surface area (Å²) in [4.78, 5) is 11.8. The van der Waals surface area contributed by atoms with Crippen LogP contribution >= 0.6 is 0 Å². The Morgan fingerprint density at radius 1 is 1.24 bits per heavy atom. The Bertz CT molecular complexity index is 475. The van der Waals surface area contributed by atoms with Gasteiger partial charge in [0.15, 0.2) is 6.61 Å². The summed E-state index contributed by atoms with van der Waals surface area (Å²) in [5.74, 6) is -0.646. The fourth-order valence-electron chi connectivity index (χ4n) is 2.61. The van der Waals surface area contributed by atoms with Gasteiger partial charge in [0.2, 0.25) is 0 Å². The SMILES string of the molecule is O=C(COc1c(CO)cc(F)cc1CO)NC1CCCC1. The average Bonchev–Trinajstić information content (AvgIpc) is 2.97. The van der Waals surface area contributed by atoms with Gasteiger partial charge in [0.25, 0.3) is 5.91 Å². The zero-order chi connectivity index (χ0) is 15.2. The number of hydrogen-bond acceptors (Lipinski definition) is 4. The molecule has 1 saturated carbocycles. The number of amides is 1. The Balaban J connectivity index is 1.99. The second-order valence-electron chi connectivity index (χ2n) is 5.21. The van der Waals surface area contributed by atoms with Crippen LogP contribution in [0.5, 0.6) is 5.75 Å². The van der Waals surface area contributed by atoms with E-state index >= 15 is 0 Å². The van der Waals surface area contributed by atoms with Crippen molar-refractivity contribution in [2.24, 2.45) is 0 Å². The summed E-state index contributed by atoms with van der Waals surface area (Å²) in [7, 11) is 0. The Hall–Kier alpha value is -1.66. The molecule has 5 nitrogen and oxygen atoms in total. The van der Waals surface area contributed by atoms with Gasteiger partial charge in [-0.1, -0.05) is 12.8 Å². The molecule has 1 aromatic carbocycles. The van der Waals surface area contributed by atoms with Crippen LogP contribution in [0.15, 0.2) is 12.1 Å². The van der Waals surface area contributed by atoms with E-state index in [1.165, 1.54) is 0 Å². The fraction of sp³-hybridized carbons (Fsp3) is 0.533. The summed E-state index contributed by atoms with van der Waals surface area (Å²) in [5, 5.41) is 21.3. The van der Waals surface area contributed by atoms with Crippen LogP contribution < -0.4 is 10.1 Å². The summed E-state index contributed by atoms with van der Waals surface area (Å²) in [6.07, 6.45) is 4.19. The molecule has 0 atom stereocenters. The lowest BCUT2D eigenvalue weighted by Crippen LogP contribution is -2.36. The van der Waals surface area contributed by atoms with Crippen molar-refractivity contribution in [3.8, 4) is 5.75 Å². The molecule has 1 amide bonds. The van der Waals surface area contributed by atoms with Gasteiger partial charge in [-0.2, -0.15) is 0 Å². The molecule has 21 heavy (non-hydrogen) atoms. The number of halogens is 1. The molecule has 6 heteroatoms. The molecule has 0 spiro atoms. The summed E-state index contributed by atoms with van der Waals surface area (Å²) < 4.78 is 18.7. The molecule has 116 valence electrons. The normalized spacial score (nSPS) is 15.2. The van der Waals surface area contributed by atoms with Crippen molar-refractivity contribution in [1.82, 2.24) is 5.32 Å². The number of rotatable bonds is 6. The molecule has 0 unspecified atom stereocenters. The second kappa shape index (κ2) is 7.38. The molecular formula is C15H20FNO4. The van der Waals surface area contributed by atoms with Crippen molar-refractivity contribution < 1.29 is 24.1 Å². The first-order valence-electron chi connectivity index (χ1n) is 7.09. The third-order valence-corrected chi connectivity index (χ3v) is 3.62. The number of benzene rings is 1. The van der Waals surface area contributed by atoms with Crippen LogP contribution in [0.2, 0.25) is 0 Å². The summed E-state index contributed by atoms with van der Waals surface area (Å²) in [6, 6.07) is 2.45. The quantitative estimate of drug-likeness (QED) is 0.738. The van der Waals surface area contributed by atoms with E-state index in [0.29, 0.717) is 0 Å². The van der Waals surface area contributed by atoms with Crippen molar-refractivity contribution >= 4 is 5.91 Å². The van der Waals surface area contributed by atoms with Crippen molar-refractivity contribution in [1.29, 1.82) is 0 Å². The van der Waals surface area contributed by atoms with Gasteiger partial charge in [-0.3, -0.25) is 4.79 Å². The van der Waals surface area contributed by atoms with Gasteiger partial charge in [0, 0.05) is 17.2 Å². The highest BCUT2D eigenvalue weighted by atomic mass is 19.1. The zero-order valence-corrected chi connectivity index (χ0v) is 11.8. The number of ether oxygens (including phenoxy) is 1. The third kappa shape index (κ3) is 4.15. The van der Waals surface area contributed by atoms with E-state index in [0.717, 1.165) is 37.8 Å². The summed E-state index contributed by atoms with van der Waals surface area (Å²) in [6.45, 7) is -1.07. The van der Waals surface area contributed by atoms with E-state index in [9.17, 15) is 19.4 Å². The van der Waals surface area contributed by atoms with Gasteiger partial charge in [-0.15, -0.1) is 0 Å². The monoisotopic (exact) mass is 297 g/mol. The lowest BCUT2D eigenvalue weighted by molar-refractivity contribution is -0.123. The molecule has 1 aliphatic carbocycles. The smallest absolute Gasteiger partial charge is 0.258 e. The largest absolute Gasteiger partial charge is 0.483 e. The molecule has 0 radical (unpaired) electrons. The molecule has 0 aromatic heterocycles. The third-order valence-electron chi connectivity index (χ3n) is 3.62. The highest BCUT2D eigenvalue weighted by Gasteiger charge is 2.18. The van der Waals surface area contributed by atoms with Crippen LogP contribution in [0, 0.1) is 5.82 Å². The first kappa shape index (κ1) is 15.7. The minimum atomic E-state index is -0.564. The van der Waals surface area contributed by atoms with Crippen LogP contribution in [0.25, 0.3) is 0 Å². The lowest BCUT2D eigenvalue weighted by atomic mass is 10.1. The average molecular weight is 297 g/mol. The maximum Gasteiger partial charge on any atom is 0.258 e. The number of carbonyl (C=O) groups is 1. The molecule has 3 N–H and O–H groups in total. The van der Waals surface area contributed by atoms with Crippen LogP contribution in [-0.4, -0.2) is 28.8 Å². The molecule has 1 aliphatic rings. The topological polar surface area (TPSA) is 78.8 Å². The molecule has 0 saturated heterocycles. The van der Waals surface area contributed by atoms with Gasteiger partial charge in [-0.25, -0.2) is 4.39 Å². The summed E-state index contributed by atoms with van der Waals surface area (Å²) >= 11 is 0. The predicted molar refractivity (Wildman–Crippen MR) is 74.1 cm³/mol. The number of aliphatic hydroxyl groups is 2. The fourth-order valence-corrected chi connectivity index (χ4v) is 2.61.